The third kappa shape index (κ3) is 1.94. The van der Waals surface area contributed by atoms with Gasteiger partial charge in [-0.2, -0.15) is 0 Å². The number of carbonyl (C=O) groups is 1. The summed E-state index contributed by atoms with van der Waals surface area (Å²) in [6, 6.07) is 3.81. The van der Waals surface area contributed by atoms with Gasteiger partial charge in [0, 0.05) is 13.1 Å². The number of aliphatic hydroxyl groups is 1. The lowest BCUT2D eigenvalue weighted by molar-refractivity contribution is 0.0761. The lowest BCUT2D eigenvalue weighted by Crippen LogP contribution is -2.29. The topological polar surface area (TPSA) is 81.0 Å². The normalized spacial score (nSPS) is 20.1. The van der Waals surface area contributed by atoms with E-state index in [-0.39, 0.29) is 29.5 Å². The lowest BCUT2D eigenvalue weighted by Gasteiger charge is -2.16. The molecule has 1 aliphatic rings. The summed E-state index contributed by atoms with van der Waals surface area (Å²) in [5, 5.41) is 28.1. The van der Waals surface area contributed by atoms with Crippen LogP contribution >= 0.6 is 0 Å². The number of phenols is 2. The molecular formula is C11H13NO4. The van der Waals surface area contributed by atoms with Gasteiger partial charge in [0.25, 0.3) is 5.91 Å². The molecule has 86 valence electrons. The van der Waals surface area contributed by atoms with Gasteiger partial charge in [0.05, 0.1) is 11.7 Å². The van der Waals surface area contributed by atoms with E-state index in [2.05, 4.69) is 0 Å². The highest BCUT2D eigenvalue weighted by Crippen LogP contribution is 2.24. The number of aromatic hydroxyl groups is 2. The minimum absolute atomic E-state index is 0.0640. The standard InChI is InChI=1S/C11H13NO4/c13-7-1-2-10(15)9(5-7)11(16)12-4-3-8(14)6-12/h1-2,5,8,13-15H,3-4,6H2/t8-/m0/s1. The van der Waals surface area contributed by atoms with Crippen LogP contribution in [0.25, 0.3) is 0 Å². The SMILES string of the molecule is O=C(c1cc(O)ccc1O)N1CC[C@H](O)C1. The molecule has 0 bridgehead atoms. The van der Waals surface area contributed by atoms with Gasteiger partial charge >= 0.3 is 0 Å². The van der Waals surface area contributed by atoms with Crippen molar-refractivity contribution in [1.29, 1.82) is 0 Å². The zero-order valence-electron chi connectivity index (χ0n) is 8.63. The van der Waals surface area contributed by atoms with Gasteiger partial charge < -0.3 is 20.2 Å². The number of carbonyl (C=O) groups excluding carboxylic acids is 1. The number of hydrogen-bond donors (Lipinski definition) is 3. The van der Waals surface area contributed by atoms with E-state index in [0.717, 1.165) is 0 Å². The molecule has 16 heavy (non-hydrogen) atoms. The van der Waals surface area contributed by atoms with Crippen LogP contribution in [-0.2, 0) is 0 Å². The Hall–Kier alpha value is -1.75. The van der Waals surface area contributed by atoms with Crippen LogP contribution in [0.3, 0.4) is 0 Å². The first-order chi connectivity index (χ1) is 7.58. The molecular weight excluding hydrogens is 210 g/mol. The van der Waals surface area contributed by atoms with E-state index in [0.29, 0.717) is 13.0 Å². The van der Waals surface area contributed by atoms with Crippen LogP contribution in [0.4, 0.5) is 0 Å². The van der Waals surface area contributed by atoms with Crippen molar-refractivity contribution in [3.05, 3.63) is 23.8 Å². The number of rotatable bonds is 1. The second kappa shape index (κ2) is 4.02. The Balaban J connectivity index is 2.23. The smallest absolute Gasteiger partial charge is 0.257 e. The van der Waals surface area contributed by atoms with Crippen LogP contribution in [-0.4, -0.2) is 45.3 Å². The van der Waals surface area contributed by atoms with Gasteiger partial charge in [0.2, 0.25) is 0 Å². The van der Waals surface area contributed by atoms with E-state index in [1.807, 2.05) is 0 Å². The first-order valence-corrected chi connectivity index (χ1v) is 5.07. The first kappa shape index (κ1) is 10.8. The largest absolute Gasteiger partial charge is 0.508 e. The second-order valence-electron chi connectivity index (χ2n) is 3.90. The molecule has 1 fully saturated rings. The monoisotopic (exact) mass is 223 g/mol. The highest BCUT2D eigenvalue weighted by atomic mass is 16.3. The molecule has 1 amide bonds. The fraction of sp³-hybridized carbons (Fsp3) is 0.364. The molecule has 1 aromatic carbocycles. The molecule has 0 saturated carbocycles. The predicted molar refractivity (Wildman–Crippen MR) is 56.3 cm³/mol. The molecule has 1 atom stereocenters. The van der Waals surface area contributed by atoms with E-state index in [1.165, 1.54) is 23.1 Å². The Morgan fingerprint density at radius 2 is 2.12 bits per heavy atom. The summed E-state index contributed by atoms with van der Waals surface area (Å²) in [6.45, 7) is 0.739. The zero-order chi connectivity index (χ0) is 11.7. The second-order valence-corrected chi connectivity index (χ2v) is 3.90. The summed E-state index contributed by atoms with van der Waals surface area (Å²) in [7, 11) is 0. The van der Waals surface area contributed by atoms with E-state index >= 15 is 0 Å². The van der Waals surface area contributed by atoms with Gasteiger partial charge in [-0.3, -0.25) is 4.79 Å². The van der Waals surface area contributed by atoms with Crippen molar-refractivity contribution >= 4 is 5.91 Å². The molecule has 1 aromatic rings. The third-order valence-electron chi connectivity index (χ3n) is 2.66. The molecule has 0 aromatic heterocycles. The van der Waals surface area contributed by atoms with Crippen molar-refractivity contribution < 1.29 is 20.1 Å². The summed E-state index contributed by atoms with van der Waals surface area (Å²) in [5.74, 6) is -0.602. The number of likely N-dealkylation sites (tertiary alicyclic amines) is 1. The molecule has 3 N–H and O–H groups in total. The maximum atomic E-state index is 11.9. The van der Waals surface area contributed by atoms with Gasteiger partial charge in [0.1, 0.15) is 11.5 Å². The molecule has 1 aliphatic heterocycles. The zero-order valence-corrected chi connectivity index (χ0v) is 8.63. The number of benzene rings is 1. The van der Waals surface area contributed by atoms with Crippen LogP contribution in [0, 0.1) is 0 Å². The van der Waals surface area contributed by atoms with E-state index in [1.54, 1.807) is 0 Å². The molecule has 0 aliphatic carbocycles. The van der Waals surface area contributed by atoms with Gasteiger partial charge in [-0.25, -0.2) is 0 Å². The third-order valence-corrected chi connectivity index (χ3v) is 2.66. The lowest BCUT2D eigenvalue weighted by atomic mass is 10.1. The summed E-state index contributed by atoms with van der Waals surface area (Å²) < 4.78 is 0. The minimum atomic E-state index is -0.497. The van der Waals surface area contributed by atoms with Gasteiger partial charge in [-0.15, -0.1) is 0 Å². The maximum Gasteiger partial charge on any atom is 0.257 e. The molecule has 0 radical (unpaired) electrons. The summed E-state index contributed by atoms with van der Waals surface area (Å²) in [4.78, 5) is 13.4. The van der Waals surface area contributed by atoms with Crippen molar-refractivity contribution in [3.63, 3.8) is 0 Å². The molecule has 2 rings (SSSR count). The van der Waals surface area contributed by atoms with Crippen molar-refractivity contribution in [3.8, 4) is 11.5 Å². The molecule has 5 nitrogen and oxygen atoms in total. The van der Waals surface area contributed by atoms with Crippen molar-refractivity contribution in [2.75, 3.05) is 13.1 Å². The number of aliphatic hydroxyl groups excluding tert-OH is 1. The quantitative estimate of drug-likeness (QED) is 0.598. The van der Waals surface area contributed by atoms with E-state index in [9.17, 15) is 20.1 Å². The highest BCUT2D eigenvalue weighted by molar-refractivity contribution is 5.97. The van der Waals surface area contributed by atoms with Gasteiger partial charge in [-0.1, -0.05) is 0 Å². The fourth-order valence-corrected chi connectivity index (χ4v) is 1.79. The predicted octanol–water partition coefficient (Wildman–Crippen LogP) is 0.305. The number of hydrogen-bond acceptors (Lipinski definition) is 4. The van der Waals surface area contributed by atoms with Gasteiger partial charge in [-0.05, 0) is 24.6 Å². The number of amides is 1. The van der Waals surface area contributed by atoms with Crippen LogP contribution in [0.15, 0.2) is 18.2 Å². The summed E-state index contributed by atoms with van der Waals surface area (Å²) >= 11 is 0. The minimum Gasteiger partial charge on any atom is -0.508 e. The van der Waals surface area contributed by atoms with Crippen LogP contribution in [0.5, 0.6) is 11.5 Å². The average molecular weight is 223 g/mol. The van der Waals surface area contributed by atoms with Crippen molar-refractivity contribution in [2.24, 2.45) is 0 Å². The Morgan fingerprint density at radius 1 is 1.38 bits per heavy atom. The Labute approximate surface area is 92.6 Å². The van der Waals surface area contributed by atoms with Crippen LogP contribution in [0.2, 0.25) is 0 Å². The van der Waals surface area contributed by atoms with Gasteiger partial charge in [0.15, 0.2) is 0 Å². The van der Waals surface area contributed by atoms with Crippen molar-refractivity contribution in [2.45, 2.75) is 12.5 Å². The Bertz CT molecular complexity index is 418. The molecule has 0 unspecified atom stereocenters. The maximum absolute atomic E-state index is 11.9. The first-order valence-electron chi connectivity index (χ1n) is 5.07. The number of phenolic OH excluding ortho intramolecular Hbond substituents is 2. The molecule has 1 heterocycles. The number of nitrogens with zero attached hydrogens (tertiary/aromatic N) is 1. The van der Waals surface area contributed by atoms with Crippen LogP contribution in [0.1, 0.15) is 16.8 Å². The molecule has 5 heteroatoms. The average Bonchev–Trinajstić information content (AvgIpc) is 2.67. The van der Waals surface area contributed by atoms with E-state index < -0.39 is 6.10 Å². The Kier molecular flexibility index (Phi) is 2.70. The molecule has 0 spiro atoms. The number of β-amino-alcohol motifs (C(OH)–C–C–N with tert-alkyl or cyclic N) is 1. The highest BCUT2D eigenvalue weighted by Gasteiger charge is 2.26. The summed E-state index contributed by atoms with van der Waals surface area (Å²) in [5.41, 5.74) is 0.0640. The summed E-state index contributed by atoms with van der Waals surface area (Å²) in [6.07, 6.45) is 0.0501. The van der Waals surface area contributed by atoms with Crippen LogP contribution < -0.4 is 0 Å². The fourth-order valence-electron chi connectivity index (χ4n) is 1.79. The van der Waals surface area contributed by atoms with E-state index in [4.69, 9.17) is 0 Å². The van der Waals surface area contributed by atoms with Crippen molar-refractivity contribution in [1.82, 2.24) is 4.90 Å². The molecule has 1 saturated heterocycles. The Morgan fingerprint density at radius 3 is 2.75 bits per heavy atom.